The Kier molecular flexibility index (Phi) is 5.95. The summed E-state index contributed by atoms with van der Waals surface area (Å²) in [5.74, 6) is -2.07. The summed E-state index contributed by atoms with van der Waals surface area (Å²) in [6.45, 7) is 0. The van der Waals surface area contributed by atoms with Crippen LogP contribution in [0.1, 0.15) is 0 Å². The maximum absolute atomic E-state index is 10.3. The molecule has 0 aromatic heterocycles. The van der Waals surface area contributed by atoms with Crippen molar-refractivity contribution in [3.8, 4) is 0 Å². The molecule has 0 rings (SSSR count). The zero-order chi connectivity index (χ0) is 9.56. The lowest BCUT2D eigenvalue weighted by Crippen LogP contribution is -2.34. The van der Waals surface area contributed by atoms with Crippen molar-refractivity contribution in [2.45, 2.75) is 6.04 Å². The summed E-state index contributed by atoms with van der Waals surface area (Å²) in [5, 5.41) is 16.7. The number of nitrogens with one attached hydrogen (secondary N) is 1. The second kappa shape index (κ2) is 6.15. The third-order valence-electron chi connectivity index (χ3n) is 0.902. The van der Waals surface area contributed by atoms with Crippen LogP contribution in [-0.4, -0.2) is 39.7 Å². The minimum absolute atomic E-state index is 0.127. The zero-order valence-corrected chi connectivity index (χ0v) is 7.77. The van der Waals surface area contributed by atoms with E-state index < -0.39 is 18.0 Å². The van der Waals surface area contributed by atoms with Gasteiger partial charge in [0.05, 0.1) is 0 Å². The van der Waals surface area contributed by atoms with E-state index in [1.54, 1.807) is 0 Å². The Morgan fingerprint density at radius 1 is 1.50 bits per heavy atom. The summed E-state index contributed by atoms with van der Waals surface area (Å²) >= 11 is 4.62. The molecular weight excluding hydrogens is 202 g/mol. The van der Waals surface area contributed by atoms with E-state index in [0.717, 1.165) is 11.9 Å². The highest BCUT2D eigenvalue weighted by Crippen LogP contribution is 1.98. The first kappa shape index (κ1) is 11.6. The third-order valence-corrected chi connectivity index (χ3v) is 2.11. The topological polar surface area (TPSA) is 86.6 Å². The summed E-state index contributed by atoms with van der Waals surface area (Å²) in [7, 11) is 0. The fourth-order valence-corrected chi connectivity index (χ4v) is 1.33. The molecule has 12 heavy (non-hydrogen) atoms. The fraction of sp³-hybridized carbons (Fsp3) is 0.600. The van der Waals surface area contributed by atoms with Gasteiger partial charge in [0.25, 0.3) is 0 Å². The Hall–Kier alpha value is -0.400. The second-order valence-electron chi connectivity index (χ2n) is 1.87. The Morgan fingerprint density at radius 3 is 2.42 bits per heavy atom. The number of carboxylic acids is 2. The quantitative estimate of drug-likeness (QED) is 0.356. The van der Waals surface area contributed by atoms with Crippen molar-refractivity contribution in [1.82, 2.24) is 4.72 Å². The first-order valence-electron chi connectivity index (χ1n) is 3.00. The van der Waals surface area contributed by atoms with E-state index in [0.29, 0.717) is 0 Å². The number of rotatable bonds is 6. The Bertz CT molecular complexity index is 175. The number of carbonyl (C=O) groups is 2. The molecule has 0 unspecified atom stereocenters. The van der Waals surface area contributed by atoms with Gasteiger partial charge in [-0.2, -0.15) is 12.6 Å². The Labute approximate surface area is 79.1 Å². The number of hydrogen-bond acceptors (Lipinski definition) is 5. The highest BCUT2D eigenvalue weighted by molar-refractivity contribution is 7.98. The van der Waals surface area contributed by atoms with Crippen LogP contribution in [0.5, 0.6) is 0 Å². The molecule has 0 aliphatic rings. The van der Waals surface area contributed by atoms with Gasteiger partial charge in [0.1, 0.15) is 11.8 Å². The van der Waals surface area contributed by atoms with Crippen molar-refractivity contribution in [3.63, 3.8) is 0 Å². The van der Waals surface area contributed by atoms with Gasteiger partial charge in [-0.1, -0.05) is 11.9 Å². The molecule has 0 amide bonds. The van der Waals surface area contributed by atoms with E-state index in [2.05, 4.69) is 17.4 Å². The molecule has 0 aromatic rings. The Balaban J connectivity index is 3.59. The monoisotopic (exact) mass is 211 g/mol. The van der Waals surface area contributed by atoms with E-state index in [1.165, 1.54) is 0 Å². The van der Waals surface area contributed by atoms with Gasteiger partial charge < -0.3 is 10.2 Å². The molecule has 0 aliphatic carbocycles. The van der Waals surface area contributed by atoms with Crippen molar-refractivity contribution < 1.29 is 19.8 Å². The van der Waals surface area contributed by atoms with Gasteiger partial charge in [-0.3, -0.25) is 9.59 Å². The van der Waals surface area contributed by atoms with Gasteiger partial charge in [-0.15, -0.1) is 0 Å². The summed E-state index contributed by atoms with van der Waals surface area (Å²) in [6, 6.07) is -0.808. The predicted molar refractivity (Wildman–Crippen MR) is 48.5 cm³/mol. The van der Waals surface area contributed by atoms with Gasteiger partial charge in [0, 0.05) is 5.75 Å². The molecule has 0 spiro atoms. The summed E-state index contributed by atoms with van der Waals surface area (Å²) < 4.78 is 2.46. The lowest BCUT2D eigenvalue weighted by atomic mass is 10.4. The van der Waals surface area contributed by atoms with Crippen LogP contribution >= 0.6 is 24.6 Å². The number of carboxylic acid groups (broad SMARTS) is 2. The van der Waals surface area contributed by atoms with Crippen molar-refractivity contribution in [1.29, 1.82) is 0 Å². The summed E-state index contributed by atoms with van der Waals surface area (Å²) in [4.78, 5) is 20.3. The van der Waals surface area contributed by atoms with Crippen molar-refractivity contribution >= 4 is 36.5 Å². The molecule has 0 radical (unpaired) electrons. The maximum Gasteiger partial charge on any atom is 0.322 e. The molecule has 0 aromatic carbocycles. The molecule has 5 nitrogen and oxygen atoms in total. The minimum Gasteiger partial charge on any atom is -0.481 e. The normalized spacial score (nSPS) is 12.4. The molecule has 0 bridgehead atoms. The van der Waals surface area contributed by atoms with E-state index in [1.807, 2.05) is 0 Å². The molecule has 1 atom stereocenters. The van der Waals surface area contributed by atoms with Crippen molar-refractivity contribution in [2.75, 3.05) is 11.5 Å². The standard InChI is InChI=1S/C5H9NO4S2/c7-4(8)2-12-6-3(1-11)5(9)10/h3,6,11H,1-2H2,(H,7,8)(H,9,10)/t3-/m0/s1. The van der Waals surface area contributed by atoms with Crippen LogP contribution in [0.4, 0.5) is 0 Å². The van der Waals surface area contributed by atoms with Crippen LogP contribution in [0.2, 0.25) is 0 Å². The molecule has 7 heteroatoms. The van der Waals surface area contributed by atoms with Crippen LogP contribution in [-0.2, 0) is 9.59 Å². The molecule has 3 N–H and O–H groups in total. The van der Waals surface area contributed by atoms with Gasteiger partial charge in [-0.25, -0.2) is 4.72 Å². The molecule has 70 valence electrons. The molecule has 0 aliphatic heterocycles. The first-order chi connectivity index (χ1) is 5.57. The van der Waals surface area contributed by atoms with Crippen molar-refractivity contribution in [3.05, 3.63) is 0 Å². The first-order valence-corrected chi connectivity index (χ1v) is 4.62. The lowest BCUT2D eigenvalue weighted by molar-refractivity contribution is -0.138. The predicted octanol–water partition coefficient (Wildman–Crippen LogP) is -0.308. The van der Waals surface area contributed by atoms with Crippen molar-refractivity contribution in [2.24, 2.45) is 0 Å². The summed E-state index contributed by atoms with van der Waals surface area (Å²) in [5.41, 5.74) is 0. The van der Waals surface area contributed by atoms with Crippen LogP contribution in [0.15, 0.2) is 0 Å². The van der Waals surface area contributed by atoms with Crippen LogP contribution in [0, 0.1) is 0 Å². The molecule has 0 heterocycles. The minimum atomic E-state index is -1.04. The van der Waals surface area contributed by atoms with Gasteiger partial charge in [0.2, 0.25) is 0 Å². The van der Waals surface area contributed by atoms with Crippen LogP contribution in [0.3, 0.4) is 0 Å². The second-order valence-corrected chi connectivity index (χ2v) is 3.05. The molecule has 0 fully saturated rings. The number of aliphatic carboxylic acids is 2. The smallest absolute Gasteiger partial charge is 0.322 e. The molecular formula is C5H9NO4S2. The number of hydrogen-bond donors (Lipinski definition) is 4. The number of thiol groups is 1. The highest BCUT2D eigenvalue weighted by atomic mass is 32.2. The van der Waals surface area contributed by atoms with Crippen LogP contribution in [0.25, 0.3) is 0 Å². The van der Waals surface area contributed by atoms with E-state index >= 15 is 0 Å². The molecule has 0 saturated heterocycles. The average molecular weight is 211 g/mol. The maximum atomic E-state index is 10.3. The lowest BCUT2D eigenvalue weighted by Gasteiger charge is -2.08. The van der Waals surface area contributed by atoms with Gasteiger partial charge in [-0.05, 0) is 0 Å². The molecule has 0 saturated carbocycles. The fourth-order valence-electron chi connectivity index (χ4n) is 0.370. The van der Waals surface area contributed by atoms with E-state index in [9.17, 15) is 9.59 Å². The highest BCUT2D eigenvalue weighted by Gasteiger charge is 2.14. The zero-order valence-electron chi connectivity index (χ0n) is 6.06. The van der Waals surface area contributed by atoms with Gasteiger partial charge in [0.15, 0.2) is 0 Å². The summed E-state index contributed by atoms with van der Waals surface area (Å²) in [6.07, 6.45) is 0. The third kappa shape index (κ3) is 5.28. The largest absolute Gasteiger partial charge is 0.481 e. The Morgan fingerprint density at radius 2 is 2.08 bits per heavy atom. The van der Waals surface area contributed by atoms with E-state index in [4.69, 9.17) is 10.2 Å². The average Bonchev–Trinajstić information content (AvgIpc) is 1.96. The van der Waals surface area contributed by atoms with E-state index in [-0.39, 0.29) is 11.5 Å². The van der Waals surface area contributed by atoms with Gasteiger partial charge >= 0.3 is 11.9 Å². The van der Waals surface area contributed by atoms with Crippen LogP contribution < -0.4 is 4.72 Å². The SMILES string of the molecule is O=C(O)CSN[C@@H](CS)C(=O)O.